The minimum Gasteiger partial charge on any atom is -0.467 e. The molecule has 6 nitrogen and oxygen atoms in total. The second-order valence-electron chi connectivity index (χ2n) is 3.87. The predicted molar refractivity (Wildman–Crippen MR) is 89.6 cm³/mol. The first kappa shape index (κ1) is 19.2. The average Bonchev–Trinajstić information content (AvgIpc) is 2.94. The minimum atomic E-state index is -0.725. The number of nitrogens with one attached hydrogen (secondary N) is 2. The van der Waals surface area contributed by atoms with Gasteiger partial charge in [-0.25, -0.2) is 0 Å². The molecule has 0 radical (unpaired) electrons. The molecule has 1 rings (SSSR count). The van der Waals surface area contributed by atoms with Crippen molar-refractivity contribution in [2.45, 2.75) is 20.0 Å². The Morgan fingerprint density at radius 3 is 2.85 bits per heavy atom. The van der Waals surface area contributed by atoms with E-state index in [0.717, 1.165) is 6.54 Å². The summed E-state index contributed by atoms with van der Waals surface area (Å²) in [7, 11) is 0. The number of halogens is 1. The largest absolute Gasteiger partial charge is 0.467 e. The highest BCUT2D eigenvalue weighted by Crippen LogP contribution is 2.12. The Morgan fingerprint density at radius 2 is 2.25 bits per heavy atom. The molecular formula is C13H24IN3O3. The maximum absolute atomic E-state index is 9.86. The van der Waals surface area contributed by atoms with Crippen LogP contribution in [0.5, 0.6) is 0 Å². The van der Waals surface area contributed by atoms with E-state index < -0.39 is 6.10 Å². The van der Waals surface area contributed by atoms with Crippen molar-refractivity contribution in [3.05, 3.63) is 24.2 Å². The van der Waals surface area contributed by atoms with Crippen LogP contribution >= 0.6 is 24.0 Å². The number of hydrogen-bond acceptors (Lipinski definition) is 4. The van der Waals surface area contributed by atoms with Gasteiger partial charge < -0.3 is 24.9 Å². The Bertz CT molecular complexity index is 358. The van der Waals surface area contributed by atoms with Crippen LogP contribution in [0.1, 0.15) is 25.7 Å². The van der Waals surface area contributed by atoms with Gasteiger partial charge in [0, 0.05) is 19.7 Å². The van der Waals surface area contributed by atoms with Gasteiger partial charge in [-0.1, -0.05) is 0 Å². The van der Waals surface area contributed by atoms with Crippen molar-refractivity contribution in [2.24, 2.45) is 4.99 Å². The summed E-state index contributed by atoms with van der Waals surface area (Å²) in [5.74, 6) is 1.18. The molecule has 1 heterocycles. The van der Waals surface area contributed by atoms with Crippen molar-refractivity contribution >= 4 is 29.9 Å². The molecule has 3 N–H and O–H groups in total. The highest BCUT2D eigenvalue weighted by atomic mass is 127. The van der Waals surface area contributed by atoms with Crippen molar-refractivity contribution in [2.75, 3.05) is 32.8 Å². The Morgan fingerprint density at radius 1 is 1.45 bits per heavy atom. The van der Waals surface area contributed by atoms with Crippen LogP contribution in [0.3, 0.4) is 0 Å². The molecule has 0 aliphatic carbocycles. The molecule has 0 spiro atoms. The molecule has 1 unspecified atom stereocenters. The second-order valence-corrected chi connectivity index (χ2v) is 3.87. The molecule has 0 aromatic carbocycles. The lowest BCUT2D eigenvalue weighted by Crippen LogP contribution is -2.39. The number of nitrogens with zero attached hydrogens (tertiary/aromatic N) is 1. The van der Waals surface area contributed by atoms with Gasteiger partial charge in [-0.2, -0.15) is 0 Å². The first-order valence-electron chi connectivity index (χ1n) is 6.59. The normalized spacial score (nSPS) is 12.7. The SMILES string of the molecule is CCNC(=NCC(O)c1ccco1)NCCOCC.I. The lowest BCUT2D eigenvalue weighted by molar-refractivity contribution is 0.152. The summed E-state index contributed by atoms with van der Waals surface area (Å²) in [6, 6.07) is 3.48. The maximum Gasteiger partial charge on any atom is 0.191 e. The molecule has 20 heavy (non-hydrogen) atoms. The second kappa shape index (κ2) is 12.0. The van der Waals surface area contributed by atoms with Gasteiger partial charge in [-0.15, -0.1) is 24.0 Å². The summed E-state index contributed by atoms with van der Waals surface area (Å²) in [6.07, 6.45) is 0.811. The molecule has 0 bridgehead atoms. The van der Waals surface area contributed by atoms with Crippen LogP contribution in [0.25, 0.3) is 0 Å². The van der Waals surface area contributed by atoms with Crippen molar-refractivity contribution in [1.29, 1.82) is 0 Å². The summed E-state index contributed by atoms with van der Waals surface area (Å²) in [5, 5.41) is 16.1. The lowest BCUT2D eigenvalue weighted by atomic mass is 10.3. The first-order valence-corrected chi connectivity index (χ1v) is 6.59. The van der Waals surface area contributed by atoms with Crippen molar-refractivity contribution < 1.29 is 14.3 Å². The third kappa shape index (κ3) is 7.71. The number of rotatable bonds is 8. The number of aliphatic hydroxyl groups excluding tert-OH is 1. The van der Waals surface area contributed by atoms with E-state index in [9.17, 15) is 5.11 Å². The molecule has 0 saturated heterocycles. The number of guanidine groups is 1. The Hall–Kier alpha value is -0.800. The summed E-state index contributed by atoms with van der Waals surface area (Å²) in [4.78, 5) is 4.30. The number of hydrogen-bond donors (Lipinski definition) is 3. The molecule has 0 aliphatic heterocycles. The summed E-state index contributed by atoms with van der Waals surface area (Å²) in [6.45, 7) is 6.96. The smallest absolute Gasteiger partial charge is 0.191 e. The van der Waals surface area contributed by atoms with E-state index in [-0.39, 0.29) is 30.5 Å². The van der Waals surface area contributed by atoms with Crippen LogP contribution in [-0.4, -0.2) is 43.9 Å². The van der Waals surface area contributed by atoms with Gasteiger partial charge in [0.25, 0.3) is 0 Å². The number of aliphatic imine (C=N–C) groups is 1. The first-order chi connectivity index (χ1) is 9.27. The zero-order valence-corrected chi connectivity index (χ0v) is 14.3. The van der Waals surface area contributed by atoms with E-state index in [4.69, 9.17) is 9.15 Å². The molecule has 1 aromatic rings. The molecular weight excluding hydrogens is 373 g/mol. The number of aliphatic hydroxyl groups is 1. The lowest BCUT2D eigenvalue weighted by Gasteiger charge is -2.12. The van der Waals surface area contributed by atoms with E-state index in [1.54, 1.807) is 12.1 Å². The van der Waals surface area contributed by atoms with E-state index in [1.807, 2.05) is 13.8 Å². The van der Waals surface area contributed by atoms with Gasteiger partial charge in [0.2, 0.25) is 0 Å². The predicted octanol–water partition coefficient (Wildman–Crippen LogP) is 1.52. The standard InChI is InChI=1S/C13H23N3O3.HI/c1-3-14-13(15-7-9-18-4-2)16-10-11(17)12-6-5-8-19-12;/h5-6,8,11,17H,3-4,7,9-10H2,1-2H3,(H2,14,15,16);1H. The zero-order valence-electron chi connectivity index (χ0n) is 12.0. The van der Waals surface area contributed by atoms with E-state index in [1.165, 1.54) is 6.26 Å². The van der Waals surface area contributed by atoms with Crippen molar-refractivity contribution in [1.82, 2.24) is 10.6 Å². The Kier molecular flexibility index (Phi) is 11.5. The highest BCUT2D eigenvalue weighted by Gasteiger charge is 2.09. The third-order valence-corrected chi connectivity index (χ3v) is 2.38. The third-order valence-electron chi connectivity index (χ3n) is 2.38. The maximum atomic E-state index is 9.86. The molecule has 1 aromatic heterocycles. The van der Waals surface area contributed by atoms with Gasteiger partial charge in [-0.3, -0.25) is 4.99 Å². The van der Waals surface area contributed by atoms with Gasteiger partial charge in [0.15, 0.2) is 5.96 Å². The average molecular weight is 397 g/mol. The monoisotopic (exact) mass is 397 g/mol. The van der Waals surface area contributed by atoms with Gasteiger partial charge in [0.05, 0.1) is 19.4 Å². The van der Waals surface area contributed by atoms with E-state index >= 15 is 0 Å². The van der Waals surface area contributed by atoms with Crippen LogP contribution in [0.15, 0.2) is 27.8 Å². The number of furan rings is 1. The Balaban J connectivity index is 0.00000361. The van der Waals surface area contributed by atoms with Crippen LogP contribution in [-0.2, 0) is 4.74 Å². The highest BCUT2D eigenvalue weighted by molar-refractivity contribution is 14.0. The molecule has 0 fully saturated rings. The summed E-state index contributed by atoms with van der Waals surface area (Å²) < 4.78 is 10.4. The minimum absolute atomic E-state index is 0. The van der Waals surface area contributed by atoms with E-state index in [2.05, 4.69) is 15.6 Å². The number of ether oxygens (including phenoxy) is 1. The summed E-state index contributed by atoms with van der Waals surface area (Å²) in [5.41, 5.74) is 0. The molecule has 1 atom stereocenters. The molecule has 7 heteroatoms. The molecule has 0 saturated carbocycles. The van der Waals surface area contributed by atoms with Gasteiger partial charge in [-0.05, 0) is 26.0 Å². The fourth-order valence-electron chi connectivity index (χ4n) is 1.48. The Labute approximate surface area is 137 Å². The molecule has 0 aliphatic rings. The topological polar surface area (TPSA) is 79.0 Å². The fourth-order valence-corrected chi connectivity index (χ4v) is 1.48. The fraction of sp³-hybridized carbons (Fsp3) is 0.615. The van der Waals surface area contributed by atoms with Crippen molar-refractivity contribution in [3.8, 4) is 0 Å². The van der Waals surface area contributed by atoms with Gasteiger partial charge >= 0.3 is 0 Å². The van der Waals surface area contributed by atoms with Crippen LogP contribution in [0.4, 0.5) is 0 Å². The van der Waals surface area contributed by atoms with Crippen molar-refractivity contribution in [3.63, 3.8) is 0 Å². The quantitative estimate of drug-likeness (QED) is 0.268. The van der Waals surface area contributed by atoms with Crippen LogP contribution in [0, 0.1) is 0 Å². The zero-order chi connectivity index (χ0) is 13.9. The molecule has 116 valence electrons. The van der Waals surface area contributed by atoms with E-state index in [0.29, 0.717) is 31.5 Å². The van der Waals surface area contributed by atoms with Crippen LogP contribution in [0.2, 0.25) is 0 Å². The van der Waals surface area contributed by atoms with Gasteiger partial charge in [0.1, 0.15) is 11.9 Å². The molecule has 0 amide bonds. The van der Waals surface area contributed by atoms with Crippen LogP contribution < -0.4 is 10.6 Å². The summed E-state index contributed by atoms with van der Waals surface area (Å²) >= 11 is 0.